The molecule has 3 heterocycles. The van der Waals surface area contributed by atoms with Crippen LogP contribution in [-0.2, 0) is 0 Å². The topological polar surface area (TPSA) is 50.8 Å². The molecule has 138 valence electrons. The first kappa shape index (κ1) is 17.2. The molecule has 1 fully saturated rings. The Morgan fingerprint density at radius 3 is 2.77 bits per heavy atom. The molecule has 26 heavy (non-hydrogen) atoms. The normalized spacial score (nSPS) is 19.7. The van der Waals surface area contributed by atoms with E-state index < -0.39 is 0 Å². The number of thiophene rings is 1. The predicted molar refractivity (Wildman–Crippen MR) is 103 cm³/mol. The maximum absolute atomic E-state index is 13.0. The number of nitrogens with zero attached hydrogens (tertiary/aromatic N) is 1. The maximum atomic E-state index is 13.0. The van der Waals surface area contributed by atoms with Crippen LogP contribution in [0.3, 0.4) is 0 Å². The van der Waals surface area contributed by atoms with Crippen LogP contribution in [-0.4, -0.2) is 30.7 Å². The van der Waals surface area contributed by atoms with Gasteiger partial charge in [0.05, 0.1) is 6.04 Å². The number of urea groups is 1. The van der Waals surface area contributed by atoms with Crippen LogP contribution in [0.4, 0.5) is 10.5 Å². The van der Waals surface area contributed by atoms with Crippen LogP contribution in [0.15, 0.2) is 30.3 Å². The van der Waals surface area contributed by atoms with Gasteiger partial charge in [-0.25, -0.2) is 4.79 Å². The molecule has 1 saturated heterocycles. The number of ether oxygens (including phenoxy) is 2. The molecule has 1 atom stereocenters. The number of hydrogen-bond acceptors (Lipinski definition) is 4. The van der Waals surface area contributed by atoms with E-state index in [9.17, 15) is 4.79 Å². The van der Waals surface area contributed by atoms with Crippen LogP contribution >= 0.6 is 11.3 Å². The highest BCUT2D eigenvalue weighted by Gasteiger charge is 2.28. The van der Waals surface area contributed by atoms with Crippen molar-refractivity contribution < 1.29 is 14.3 Å². The van der Waals surface area contributed by atoms with Crippen molar-refractivity contribution in [3.63, 3.8) is 0 Å². The molecule has 2 aliphatic rings. The van der Waals surface area contributed by atoms with Gasteiger partial charge in [0, 0.05) is 28.1 Å². The van der Waals surface area contributed by atoms with Gasteiger partial charge in [-0.2, -0.15) is 0 Å². The first-order valence-corrected chi connectivity index (χ1v) is 10.1. The number of carbonyl (C=O) groups excluding carboxylic acids is 1. The van der Waals surface area contributed by atoms with E-state index in [4.69, 9.17) is 9.47 Å². The highest BCUT2D eigenvalue weighted by Crippen LogP contribution is 2.36. The van der Waals surface area contributed by atoms with Gasteiger partial charge in [-0.15, -0.1) is 11.3 Å². The number of aryl methyl sites for hydroxylation is 1. The minimum atomic E-state index is -0.0420. The summed E-state index contributed by atoms with van der Waals surface area (Å²) < 4.78 is 11.2. The van der Waals surface area contributed by atoms with Crippen molar-refractivity contribution in [1.29, 1.82) is 0 Å². The van der Waals surface area contributed by atoms with Gasteiger partial charge >= 0.3 is 6.03 Å². The quantitative estimate of drug-likeness (QED) is 0.809. The molecule has 1 aromatic heterocycles. The van der Waals surface area contributed by atoms with Crippen molar-refractivity contribution in [2.75, 3.05) is 25.1 Å². The van der Waals surface area contributed by atoms with E-state index in [1.54, 1.807) is 11.3 Å². The van der Waals surface area contributed by atoms with E-state index in [1.807, 2.05) is 23.1 Å². The summed E-state index contributed by atoms with van der Waals surface area (Å²) in [5, 5.41) is 3.05. The summed E-state index contributed by atoms with van der Waals surface area (Å²) >= 11 is 1.79. The first-order valence-electron chi connectivity index (χ1n) is 9.24. The van der Waals surface area contributed by atoms with E-state index in [2.05, 4.69) is 24.4 Å². The Morgan fingerprint density at radius 1 is 1.12 bits per heavy atom. The Hall–Kier alpha value is -2.21. The molecule has 4 rings (SSSR count). The summed E-state index contributed by atoms with van der Waals surface area (Å²) in [5.74, 6) is 1.42. The van der Waals surface area contributed by atoms with Gasteiger partial charge in [-0.1, -0.05) is 12.8 Å². The van der Waals surface area contributed by atoms with Gasteiger partial charge in [-0.05, 0) is 44.0 Å². The zero-order chi connectivity index (χ0) is 17.9. The fourth-order valence-electron chi connectivity index (χ4n) is 3.60. The van der Waals surface area contributed by atoms with Crippen molar-refractivity contribution in [2.24, 2.45) is 0 Å². The van der Waals surface area contributed by atoms with E-state index in [-0.39, 0.29) is 12.1 Å². The average molecular weight is 372 g/mol. The molecule has 0 spiro atoms. The van der Waals surface area contributed by atoms with Gasteiger partial charge in [-0.3, -0.25) is 0 Å². The summed E-state index contributed by atoms with van der Waals surface area (Å²) in [5.41, 5.74) is 0.740. The molecule has 6 heteroatoms. The molecule has 0 bridgehead atoms. The lowest BCUT2D eigenvalue weighted by molar-refractivity contribution is 0.171. The Balaban J connectivity index is 1.53. The molecule has 2 aliphatic heterocycles. The van der Waals surface area contributed by atoms with E-state index in [0.29, 0.717) is 19.0 Å². The second kappa shape index (κ2) is 7.58. The molecule has 0 aliphatic carbocycles. The Morgan fingerprint density at radius 2 is 1.96 bits per heavy atom. The van der Waals surface area contributed by atoms with Crippen LogP contribution in [0.2, 0.25) is 0 Å². The van der Waals surface area contributed by atoms with Crippen molar-refractivity contribution in [3.05, 3.63) is 40.1 Å². The largest absolute Gasteiger partial charge is 0.486 e. The van der Waals surface area contributed by atoms with Gasteiger partial charge in [0.25, 0.3) is 0 Å². The molecule has 5 nitrogen and oxygen atoms in total. The zero-order valence-corrected chi connectivity index (χ0v) is 15.8. The second-order valence-corrected chi connectivity index (χ2v) is 8.12. The zero-order valence-electron chi connectivity index (χ0n) is 15.0. The lowest BCUT2D eigenvalue weighted by Gasteiger charge is -2.29. The highest BCUT2D eigenvalue weighted by atomic mass is 32.1. The summed E-state index contributed by atoms with van der Waals surface area (Å²) in [6, 6.07) is 9.99. The summed E-state index contributed by atoms with van der Waals surface area (Å²) in [7, 11) is 0. The minimum Gasteiger partial charge on any atom is -0.486 e. The summed E-state index contributed by atoms with van der Waals surface area (Å²) in [6.07, 6.45) is 4.41. The molecular formula is C20H24N2O3S. The third-order valence-corrected chi connectivity index (χ3v) is 6.00. The van der Waals surface area contributed by atoms with Crippen LogP contribution in [0.1, 0.15) is 41.5 Å². The fourth-order valence-corrected chi connectivity index (χ4v) is 4.62. The summed E-state index contributed by atoms with van der Waals surface area (Å²) in [4.78, 5) is 17.6. The van der Waals surface area contributed by atoms with E-state index >= 15 is 0 Å². The molecule has 0 saturated carbocycles. The van der Waals surface area contributed by atoms with Crippen LogP contribution in [0.5, 0.6) is 11.5 Å². The Bertz CT molecular complexity index is 789. The van der Waals surface area contributed by atoms with Crippen molar-refractivity contribution >= 4 is 23.1 Å². The monoisotopic (exact) mass is 372 g/mol. The molecule has 2 amide bonds. The van der Waals surface area contributed by atoms with Gasteiger partial charge in [0.15, 0.2) is 11.5 Å². The molecule has 1 aromatic carbocycles. The van der Waals surface area contributed by atoms with Crippen LogP contribution in [0, 0.1) is 6.92 Å². The second-order valence-electron chi connectivity index (χ2n) is 6.80. The predicted octanol–water partition coefficient (Wildman–Crippen LogP) is 4.98. The number of fused-ring (bicyclic) bond motifs is 1. The van der Waals surface area contributed by atoms with Gasteiger partial charge < -0.3 is 19.7 Å². The number of benzene rings is 1. The smallest absolute Gasteiger partial charge is 0.322 e. The average Bonchev–Trinajstić information content (AvgIpc) is 2.93. The van der Waals surface area contributed by atoms with Gasteiger partial charge in [0.2, 0.25) is 0 Å². The maximum Gasteiger partial charge on any atom is 0.322 e. The summed E-state index contributed by atoms with van der Waals surface area (Å²) in [6.45, 7) is 4.01. The number of nitrogens with one attached hydrogen (secondary N) is 1. The lowest BCUT2D eigenvalue weighted by Crippen LogP contribution is -2.37. The number of rotatable bonds is 2. The number of carbonyl (C=O) groups is 1. The van der Waals surface area contributed by atoms with Crippen molar-refractivity contribution in [1.82, 2.24) is 4.90 Å². The molecular weight excluding hydrogens is 348 g/mol. The Kier molecular flexibility index (Phi) is 5.02. The number of amides is 2. The number of anilines is 1. The Labute approximate surface area is 157 Å². The first-order chi connectivity index (χ1) is 12.7. The standard InChI is InChI=1S/C20H24N2O3S/c1-14-6-9-19(26-14)16-5-3-2-4-10-22(16)20(23)21-15-7-8-17-18(13-15)25-12-11-24-17/h6-9,13,16H,2-5,10-12H2,1H3,(H,21,23). The fraction of sp³-hybridized carbons (Fsp3) is 0.450. The number of likely N-dealkylation sites (tertiary alicyclic amines) is 1. The SMILES string of the molecule is Cc1ccc(C2CCCCCN2C(=O)Nc2ccc3c(c2)OCCO3)s1. The van der Waals surface area contributed by atoms with Crippen molar-refractivity contribution in [3.8, 4) is 11.5 Å². The third kappa shape index (κ3) is 3.65. The molecule has 1 N–H and O–H groups in total. The molecule has 0 radical (unpaired) electrons. The van der Waals surface area contributed by atoms with Crippen LogP contribution in [0.25, 0.3) is 0 Å². The van der Waals surface area contributed by atoms with Crippen molar-refractivity contribution in [2.45, 2.75) is 38.6 Å². The third-order valence-electron chi connectivity index (χ3n) is 4.90. The van der Waals surface area contributed by atoms with Gasteiger partial charge in [0.1, 0.15) is 13.2 Å². The van der Waals surface area contributed by atoms with E-state index in [0.717, 1.165) is 37.2 Å². The number of hydrogen-bond donors (Lipinski definition) is 1. The highest BCUT2D eigenvalue weighted by molar-refractivity contribution is 7.12. The van der Waals surface area contributed by atoms with Crippen LogP contribution < -0.4 is 14.8 Å². The van der Waals surface area contributed by atoms with E-state index in [1.165, 1.54) is 16.2 Å². The molecule has 2 aromatic rings. The minimum absolute atomic E-state index is 0.0420. The lowest BCUT2D eigenvalue weighted by atomic mass is 10.1. The molecule has 1 unspecified atom stereocenters.